The maximum absolute atomic E-state index is 11.7. The van der Waals surface area contributed by atoms with Gasteiger partial charge >= 0.3 is 5.97 Å². The van der Waals surface area contributed by atoms with Gasteiger partial charge in [0.1, 0.15) is 6.42 Å². The molecule has 2 aromatic rings. The first-order valence-corrected chi connectivity index (χ1v) is 7.87. The first-order valence-electron chi connectivity index (χ1n) is 7.87. The quantitative estimate of drug-likeness (QED) is 0.858. The zero-order valence-corrected chi connectivity index (χ0v) is 13.4. The zero-order chi connectivity index (χ0) is 17.0. The molecule has 1 heterocycles. The van der Waals surface area contributed by atoms with Crippen molar-refractivity contribution < 1.29 is 19.4 Å². The van der Waals surface area contributed by atoms with E-state index < -0.39 is 17.8 Å². The lowest BCUT2D eigenvalue weighted by Gasteiger charge is -2.26. The van der Waals surface area contributed by atoms with Gasteiger partial charge in [0.15, 0.2) is 12.0 Å². The van der Waals surface area contributed by atoms with Crippen LogP contribution in [0.3, 0.4) is 0 Å². The fourth-order valence-electron chi connectivity index (χ4n) is 2.74. The van der Waals surface area contributed by atoms with Crippen LogP contribution < -0.4 is 0 Å². The van der Waals surface area contributed by atoms with Gasteiger partial charge in [-0.1, -0.05) is 60.7 Å². The lowest BCUT2D eigenvalue weighted by molar-refractivity contribution is -0.141. The molecule has 24 heavy (non-hydrogen) atoms. The van der Waals surface area contributed by atoms with Gasteiger partial charge in [-0.2, -0.15) is 0 Å². The van der Waals surface area contributed by atoms with Gasteiger partial charge in [0, 0.05) is 5.56 Å². The number of aliphatic hydroxyl groups is 1. The summed E-state index contributed by atoms with van der Waals surface area (Å²) in [6.45, 7) is 2.03. The van der Waals surface area contributed by atoms with Crippen LogP contribution in [0, 0.1) is 0 Å². The Morgan fingerprint density at radius 2 is 1.79 bits per heavy atom. The third-order valence-corrected chi connectivity index (χ3v) is 3.82. The second-order valence-corrected chi connectivity index (χ2v) is 5.49. The van der Waals surface area contributed by atoms with E-state index >= 15 is 0 Å². The summed E-state index contributed by atoms with van der Waals surface area (Å²) in [5.41, 5.74) is -0.186. The van der Waals surface area contributed by atoms with Crippen LogP contribution in [0.4, 0.5) is 0 Å². The fourth-order valence-corrected chi connectivity index (χ4v) is 2.74. The highest BCUT2D eigenvalue weighted by molar-refractivity contribution is 5.95. The molecule has 5 nitrogen and oxygen atoms in total. The molecule has 0 saturated carbocycles. The van der Waals surface area contributed by atoms with E-state index in [0.29, 0.717) is 5.56 Å². The summed E-state index contributed by atoms with van der Waals surface area (Å²) in [4.78, 5) is 16.0. The van der Waals surface area contributed by atoms with Crippen LogP contribution in [-0.2, 0) is 20.0 Å². The Hall–Kier alpha value is -2.66. The van der Waals surface area contributed by atoms with Crippen molar-refractivity contribution in [3.05, 3.63) is 71.8 Å². The second-order valence-electron chi connectivity index (χ2n) is 5.49. The van der Waals surface area contributed by atoms with Gasteiger partial charge in [-0.15, -0.1) is 0 Å². The fraction of sp³-hybridized carbons (Fsp3) is 0.263. The van der Waals surface area contributed by atoms with E-state index in [1.807, 2.05) is 48.5 Å². The number of ether oxygens (including phenoxy) is 2. The first kappa shape index (κ1) is 16.2. The molecule has 0 saturated heterocycles. The Balaban J connectivity index is 1.96. The number of carbonyl (C=O) groups excluding carboxylic acids is 1. The van der Waals surface area contributed by atoms with Crippen molar-refractivity contribution in [2.45, 2.75) is 25.2 Å². The maximum Gasteiger partial charge on any atom is 0.315 e. The molecule has 124 valence electrons. The summed E-state index contributed by atoms with van der Waals surface area (Å²) >= 11 is 0. The predicted octanol–water partition coefficient (Wildman–Crippen LogP) is 2.95. The van der Waals surface area contributed by atoms with Crippen molar-refractivity contribution in [3.63, 3.8) is 0 Å². The molecule has 1 aliphatic rings. The number of aliphatic imine (C=N–C) groups is 1. The molecule has 1 aliphatic heterocycles. The van der Waals surface area contributed by atoms with Crippen molar-refractivity contribution >= 4 is 11.9 Å². The Labute approximate surface area is 140 Å². The van der Waals surface area contributed by atoms with Crippen LogP contribution in [0.2, 0.25) is 0 Å². The molecule has 0 radical (unpaired) electrons. The zero-order valence-electron chi connectivity index (χ0n) is 13.4. The van der Waals surface area contributed by atoms with Crippen LogP contribution >= 0.6 is 0 Å². The average Bonchev–Trinajstić information content (AvgIpc) is 2.94. The third kappa shape index (κ3) is 3.16. The van der Waals surface area contributed by atoms with Gasteiger partial charge in [-0.05, 0) is 12.5 Å². The average molecular weight is 325 g/mol. The molecule has 2 aromatic carbocycles. The summed E-state index contributed by atoms with van der Waals surface area (Å²) in [7, 11) is 0. The number of rotatable bonds is 5. The summed E-state index contributed by atoms with van der Waals surface area (Å²) in [5.74, 6) is -0.256. The highest BCUT2D eigenvalue weighted by Gasteiger charge is 2.47. The van der Waals surface area contributed by atoms with Crippen LogP contribution in [0.1, 0.15) is 30.6 Å². The van der Waals surface area contributed by atoms with E-state index in [-0.39, 0.29) is 18.9 Å². The standard InChI is InChI=1S/C19H19NO4/c1-2-23-17(21)13-16-20-19(22,15-11-7-4-8-12-15)18(24-16)14-9-5-3-6-10-14/h3-12,18,22H,2,13H2,1H3. The SMILES string of the molecule is CCOC(=O)CC1=NC(O)(c2ccccc2)C(c2ccccc2)O1. The molecular formula is C19H19NO4. The molecule has 0 aromatic heterocycles. The van der Waals surface area contributed by atoms with E-state index in [0.717, 1.165) is 5.56 Å². The molecule has 0 amide bonds. The summed E-state index contributed by atoms with van der Waals surface area (Å²) < 4.78 is 10.8. The van der Waals surface area contributed by atoms with E-state index in [1.54, 1.807) is 19.1 Å². The normalized spacial score (nSPS) is 22.6. The topological polar surface area (TPSA) is 68.1 Å². The Bertz CT molecular complexity index is 730. The molecule has 5 heteroatoms. The first-order chi connectivity index (χ1) is 11.6. The van der Waals surface area contributed by atoms with Crippen molar-refractivity contribution in [2.75, 3.05) is 6.61 Å². The van der Waals surface area contributed by atoms with Gasteiger partial charge in [-0.25, -0.2) is 4.99 Å². The highest BCUT2D eigenvalue weighted by Crippen LogP contribution is 2.44. The Morgan fingerprint density at radius 3 is 2.42 bits per heavy atom. The molecule has 0 spiro atoms. The second kappa shape index (κ2) is 6.84. The molecule has 2 unspecified atom stereocenters. The van der Waals surface area contributed by atoms with E-state index in [4.69, 9.17) is 9.47 Å². The van der Waals surface area contributed by atoms with Crippen molar-refractivity contribution in [1.82, 2.24) is 0 Å². The van der Waals surface area contributed by atoms with Gasteiger partial charge in [0.2, 0.25) is 5.72 Å². The van der Waals surface area contributed by atoms with Gasteiger partial charge in [0.25, 0.3) is 0 Å². The number of esters is 1. The number of carbonyl (C=O) groups is 1. The molecule has 0 bridgehead atoms. The Morgan fingerprint density at radius 1 is 1.17 bits per heavy atom. The molecule has 3 rings (SSSR count). The molecule has 2 atom stereocenters. The number of hydrogen-bond donors (Lipinski definition) is 1. The van der Waals surface area contributed by atoms with E-state index in [1.165, 1.54) is 0 Å². The minimum atomic E-state index is -1.58. The molecule has 1 N–H and O–H groups in total. The van der Waals surface area contributed by atoms with Crippen LogP contribution in [0.5, 0.6) is 0 Å². The largest absolute Gasteiger partial charge is 0.467 e. The number of benzene rings is 2. The molecule has 0 fully saturated rings. The third-order valence-electron chi connectivity index (χ3n) is 3.82. The van der Waals surface area contributed by atoms with Crippen LogP contribution in [0.15, 0.2) is 65.7 Å². The number of nitrogens with zero attached hydrogens (tertiary/aromatic N) is 1. The van der Waals surface area contributed by atoms with Gasteiger partial charge in [-0.3, -0.25) is 4.79 Å². The van der Waals surface area contributed by atoms with Crippen LogP contribution in [0.25, 0.3) is 0 Å². The van der Waals surface area contributed by atoms with E-state index in [2.05, 4.69) is 4.99 Å². The smallest absolute Gasteiger partial charge is 0.315 e. The lowest BCUT2D eigenvalue weighted by Crippen LogP contribution is -2.28. The lowest BCUT2D eigenvalue weighted by atomic mass is 9.93. The predicted molar refractivity (Wildman–Crippen MR) is 89.3 cm³/mol. The monoisotopic (exact) mass is 325 g/mol. The minimum absolute atomic E-state index is 0.105. The van der Waals surface area contributed by atoms with E-state index in [9.17, 15) is 9.90 Å². The van der Waals surface area contributed by atoms with Crippen LogP contribution in [-0.4, -0.2) is 23.6 Å². The maximum atomic E-state index is 11.7. The molecular weight excluding hydrogens is 306 g/mol. The van der Waals surface area contributed by atoms with Crippen molar-refractivity contribution in [1.29, 1.82) is 0 Å². The summed E-state index contributed by atoms with van der Waals surface area (Å²) in [5, 5.41) is 11.2. The van der Waals surface area contributed by atoms with Crippen molar-refractivity contribution in [2.24, 2.45) is 4.99 Å². The van der Waals surface area contributed by atoms with Crippen molar-refractivity contribution in [3.8, 4) is 0 Å². The van der Waals surface area contributed by atoms with Gasteiger partial charge < -0.3 is 14.6 Å². The minimum Gasteiger partial charge on any atom is -0.467 e. The summed E-state index contributed by atoms with van der Waals surface area (Å²) in [6, 6.07) is 18.4. The van der Waals surface area contributed by atoms with Gasteiger partial charge in [0.05, 0.1) is 6.61 Å². The highest BCUT2D eigenvalue weighted by atomic mass is 16.5. The molecule has 0 aliphatic carbocycles. The Kier molecular flexibility index (Phi) is 4.62. The number of hydrogen-bond acceptors (Lipinski definition) is 5. The summed E-state index contributed by atoms with van der Waals surface area (Å²) in [6.07, 6.45) is -0.822.